The minimum Gasteiger partial charge on any atom is -0.486 e. The summed E-state index contributed by atoms with van der Waals surface area (Å²) in [6, 6.07) is 5.70. The smallest absolute Gasteiger partial charge is 0.317 e. The molecule has 1 heterocycles. The van der Waals surface area contributed by atoms with Crippen LogP contribution < -0.4 is 10.1 Å². The molecule has 1 saturated carbocycles. The Morgan fingerprint density at radius 3 is 2.69 bits per heavy atom. The molecule has 0 radical (unpaired) electrons. The van der Waals surface area contributed by atoms with Crippen LogP contribution in [-0.4, -0.2) is 57.3 Å². The van der Waals surface area contributed by atoms with E-state index in [1.54, 1.807) is 18.2 Å². The SMILES string of the molecule is O=C(NCC1CS(=O)(=O)c2ccccc2O1)N(CC(F)F)CC1CCC1. The predicted molar refractivity (Wildman–Crippen MR) is 91.2 cm³/mol. The predicted octanol–water partition coefficient (Wildman–Crippen LogP) is 2.30. The molecule has 1 unspecified atom stereocenters. The Morgan fingerprint density at radius 2 is 2.04 bits per heavy atom. The molecule has 0 aromatic heterocycles. The average molecular weight is 388 g/mol. The molecule has 9 heteroatoms. The number of benzene rings is 1. The van der Waals surface area contributed by atoms with Gasteiger partial charge in [-0.05, 0) is 30.9 Å². The van der Waals surface area contributed by atoms with Crippen LogP contribution >= 0.6 is 0 Å². The Labute approximate surface area is 151 Å². The standard InChI is InChI=1S/C17H22F2N2O4S/c18-16(19)10-21(9-12-4-3-5-12)17(22)20-8-13-11-26(23,24)15-7-2-1-6-14(15)25-13/h1-2,6-7,12-13,16H,3-5,8-11H2,(H,20,22). The lowest BCUT2D eigenvalue weighted by molar-refractivity contribution is 0.0831. The van der Waals surface area contributed by atoms with Crippen molar-refractivity contribution >= 4 is 15.9 Å². The third kappa shape index (κ3) is 4.44. The van der Waals surface area contributed by atoms with Crippen molar-refractivity contribution in [2.45, 2.75) is 36.7 Å². The van der Waals surface area contributed by atoms with Crippen LogP contribution in [0.15, 0.2) is 29.2 Å². The van der Waals surface area contributed by atoms with Crippen molar-refractivity contribution in [3.8, 4) is 5.75 Å². The van der Waals surface area contributed by atoms with Crippen LogP contribution in [0.2, 0.25) is 0 Å². The van der Waals surface area contributed by atoms with Gasteiger partial charge in [0, 0.05) is 6.54 Å². The molecule has 2 aliphatic rings. The van der Waals surface area contributed by atoms with Crippen molar-refractivity contribution in [3.63, 3.8) is 0 Å². The molecule has 6 nitrogen and oxygen atoms in total. The van der Waals surface area contributed by atoms with E-state index in [4.69, 9.17) is 4.74 Å². The van der Waals surface area contributed by atoms with E-state index in [9.17, 15) is 22.0 Å². The number of para-hydroxylation sites is 1. The van der Waals surface area contributed by atoms with Crippen LogP contribution in [0.4, 0.5) is 13.6 Å². The number of ether oxygens (including phenoxy) is 1. The number of halogens is 2. The summed E-state index contributed by atoms with van der Waals surface area (Å²) >= 11 is 0. The van der Waals surface area contributed by atoms with E-state index in [2.05, 4.69) is 5.32 Å². The second-order valence-corrected chi connectivity index (χ2v) is 8.75. The molecule has 1 atom stereocenters. The molecule has 3 rings (SSSR count). The topological polar surface area (TPSA) is 75.7 Å². The molecule has 1 fully saturated rings. The van der Waals surface area contributed by atoms with Crippen LogP contribution in [0.25, 0.3) is 0 Å². The fourth-order valence-electron chi connectivity index (χ4n) is 3.16. The van der Waals surface area contributed by atoms with Crippen molar-refractivity contribution in [1.29, 1.82) is 0 Å². The summed E-state index contributed by atoms with van der Waals surface area (Å²) < 4.78 is 55.7. The first-order valence-electron chi connectivity index (χ1n) is 8.64. The first-order chi connectivity index (χ1) is 12.3. The number of hydrogen-bond acceptors (Lipinski definition) is 4. The van der Waals surface area contributed by atoms with Gasteiger partial charge in [-0.1, -0.05) is 18.6 Å². The van der Waals surface area contributed by atoms with Gasteiger partial charge < -0.3 is 15.0 Å². The number of nitrogens with zero attached hydrogens (tertiary/aromatic N) is 1. The van der Waals surface area contributed by atoms with Crippen LogP contribution in [0.5, 0.6) is 5.75 Å². The molecule has 0 bridgehead atoms. The van der Waals surface area contributed by atoms with Gasteiger partial charge in [-0.2, -0.15) is 0 Å². The number of sulfone groups is 1. The summed E-state index contributed by atoms with van der Waals surface area (Å²) in [5.74, 6) is 0.247. The number of amides is 2. The van der Waals surface area contributed by atoms with Crippen LogP contribution in [0, 0.1) is 5.92 Å². The summed E-state index contributed by atoms with van der Waals surface area (Å²) in [6.07, 6.45) is -0.432. The minimum absolute atomic E-state index is 0.0587. The van der Waals surface area contributed by atoms with E-state index in [0.29, 0.717) is 6.54 Å². The number of alkyl halides is 2. The van der Waals surface area contributed by atoms with Gasteiger partial charge in [0.2, 0.25) is 0 Å². The highest BCUT2D eigenvalue weighted by molar-refractivity contribution is 7.91. The van der Waals surface area contributed by atoms with Gasteiger partial charge in [-0.25, -0.2) is 22.0 Å². The van der Waals surface area contributed by atoms with Gasteiger partial charge in [0.1, 0.15) is 16.7 Å². The third-order valence-electron chi connectivity index (χ3n) is 4.71. The zero-order valence-corrected chi connectivity index (χ0v) is 15.1. The lowest BCUT2D eigenvalue weighted by Crippen LogP contribution is -2.49. The molecule has 1 aliphatic carbocycles. The highest BCUT2D eigenvalue weighted by Crippen LogP contribution is 2.30. The van der Waals surface area contributed by atoms with Crippen molar-refractivity contribution in [1.82, 2.24) is 10.2 Å². The molecule has 144 valence electrons. The Bertz CT molecular complexity index is 753. The number of urea groups is 1. The van der Waals surface area contributed by atoms with Crippen LogP contribution in [0.3, 0.4) is 0 Å². The van der Waals surface area contributed by atoms with Crippen molar-refractivity contribution in [3.05, 3.63) is 24.3 Å². The van der Waals surface area contributed by atoms with Gasteiger partial charge in [-0.3, -0.25) is 0 Å². The van der Waals surface area contributed by atoms with Gasteiger partial charge in [0.15, 0.2) is 9.84 Å². The fraction of sp³-hybridized carbons (Fsp3) is 0.588. The Morgan fingerprint density at radius 1 is 1.31 bits per heavy atom. The van der Waals surface area contributed by atoms with Crippen molar-refractivity contribution < 1.29 is 26.7 Å². The fourth-order valence-corrected chi connectivity index (χ4v) is 4.72. The zero-order chi connectivity index (χ0) is 18.7. The quantitative estimate of drug-likeness (QED) is 0.811. The number of fused-ring (bicyclic) bond motifs is 1. The highest BCUT2D eigenvalue weighted by Gasteiger charge is 2.32. The van der Waals surface area contributed by atoms with E-state index < -0.39 is 34.9 Å². The van der Waals surface area contributed by atoms with E-state index in [1.807, 2.05) is 0 Å². The molecule has 2 amide bonds. The molecule has 1 aromatic carbocycles. The first-order valence-corrected chi connectivity index (χ1v) is 10.3. The Kier molecular flexibility index (Phi) is 5.64. The Hall–Kier alpha value is -1.90. The second kappa shape index (κ2) is 7.77. The summed E-state index contributed by atoms with van der Waals surface area (Å²) in [7, 11) is -3.50. The number of nitrogens with one attached hydrogen (secondary N) is 1. The second-order valence-electron chi connectivity index (χ2n) is 6.75. The summed E-state index contributed by atoms with van der Waals surface area (Å²) in [5.41, 5.74) is 0. The number of rotatable bonds is 6. The molecular weight excluding hydrogens is 366 g/mol. The van der Waals surface area contributed by atoms with Crippen molar-refractivity contribution in [2.24, 2.45) is 5.92 Å². The number of carbonyl (C=O) groups is 1. The maximum absolute atomic E-state index is 12.8. The summed E-state index contributed by atoms with van der Waals surface area (Å²) in [6.45, 7) is -0.394. The largest absolute Gasteiger partial charge is 0.486 e. The monoisotopic (exact) mass is 388 g/mol. The Balaban J connectivity index is 1.59. The van der Waals surface area contributed by atoms with E-state index in [0.717, 1.165) is 24.2 Å². The third-order valence-corrected chi connectivity index (χ3v) is 6.53. The van der Waals surface area contributed by atoms with Crippen molar-refractivity contribution in [2.75, 3.05) is 25.4 Å². The maximum atomic E-state index is 12.8. The molecule has 26 heavy (non-hydrogen) atoms. The van der Waals surface area contributed by atoms with Gasteiger partial charge in [-0.15, -0.1) is 0 Å². The lowest BCUT2D eigenvalue weighted by Gasteiger charge is -2.33. The molecule has 0 spiro atoms. The maximum Gasteiger partial charge on any atom is 0.317 e. The highest BCUT2D eigenvalue weighted by atomic mass is 32.2. The molecule has 0 saturated heterocycles. The molecule has 1 N–H and O–H groups in total. The first kappa shape index (κ1) is 18.9. The zero-order valence-electron chi connectivity index (χ0n) is 14.2. The van der Waals surface area contributed by atoms with E-state index in [1.165, 1.54) is 6.07 Å². The van der Waals surface area contributed by atoms with Crippen LogP contribution in [-0.2, 0) is 9.84 Å². The van der Waals surface area contributed by atoms with Gasteiger partial charge in [0.25, 0.3) is 6.43 Å². The summed E-state index contributed by atoms with van der Waals surface area (Å²) in [5, 5.41) is 2.54. The molecular formula is C17H22F2N2O4S. The molecule has 1 aliphatic heterocycles. The number of hydrogen-bond donors (Lipinski definition) is 1. The molecule has 1 aromatic rings. The lowest BCUT2D eigenvalue weighted by atomic mass is 9.85. The number of carbonyl (C=O) groups excluding carboxylic acids is 1. The minimum atomic E-state index is -3.50. The van der Waals surface area contributed by atoms with E-state index in [-0.39, 0.29) is 28.9 Å². The van der Waals surface area contributed by atoms with E-state index >= 15 is 0 Å². The average Bonchev–Trinajstić information content (AvgIpc) is 2.54. The normalized spacial score (nSPS) is 21.4. The van der Waals surface area contributed by atoms with Gasteiger partial charge in [0.05, 0.1) is 18.8 Å². The van der Waals surface area contributed by atoms with Crippen LogP contribution in [0.1, 0.15) is 19.3 Å². The summed E-state index contributed by atoms with van der Waals surface area (Å²) in [4.78, 5) is 13.5. The van der Waals surface area contributed by atoms with Gasteiger partial charge >= 0.3 is 6.03 Å².